The number of hydrogen-bond donors (Lipinski definition) is 14. The van der Waals surface area contributed by atoms with Gasteiger partial charge in [0, 0.05) is 12.8 Å². The molecule has 24 heteroatoms. The van der Waals surface area contributed by atoms with Gasteiger partial charge in [0.1, 0.15) is 73.2 Å². The number of aliphatic hydroxyl groups excluding tert-OH is 14. The summed E-state index contributed by atoms with van der Waals surface area (Å²) in [6, 6.07) is 4.10. The molecule has 2 unspecified atom stereocenters. The van der Waals surface area contributed by atoms with Crippen LogP contribution in [0.2, 0.25) is 0 Å². The lowest BCUT2D eigenvalue weighted by molar-refractivity contribution is -0.298. The topological polar surface area (TPSA) is 407 Å². The van der Waals surface area contributed by atoms with Crippen molar-refractivity contribution in [2.75, 3.05) is 0 Å². The van der Waals surface area contributed by atoms with Crippen LogP contribution in [0.25, 0.3) is 0 Å². The van der Waals surface area contributed by atoms with E-state index in [2.05, 4.69) is 0 Å². The molecule has 4 aliphatic heterocycles. The highest BCUT2D eigenvalue weighted by molar-refractivity contribution is 5.95. The Bertz CT molecular complexity index is 1610. The summed E-state index contributed by atoms with van der Waals surface area (Å²) >= 11 is 0. The summed E-state index contributed by atoms with van der Waals surface area (Å²) in [6.45, 7) is 0. The number of benzene rings is 1. The number of carbonyl (C=O) groups excluding carboxylic acids is 4. The highest BCUT2D eigenvalue weighted by atomic mass is 16.7. The molecule has 2 fully saturated rings. The largest absolute Gasteiger partial charge is 0.505 e. The van der Waals surface area contributed by atoms with Crippen LogP contribution in [0.1, 0.15) is 33.6 Å². The average Bonchev–Trinajstić information content (AvgIpc) is 3.58. The van der Waals surface area contributed by atoms with E-state index in [1.807, 2.05) is 0 Å². The highest BCUT2D eigenvalue weighted by Crippen LogP contribution is 2.32. The van der Waals surface area contributed by atoms with Crippen molar-refractivity contribution in [2.45, 2.75) is 111 Å². The number of hydrogen-bond acceptors (Lipinski definition) is 24. The van der Waals surface area contributed by atoms with Crippen LogP contribution >= 0.6 is 0 Å². The van der Waals surface area contributed by atoms with Crippen molar-refractivity contribution in [3.05, 3.63) is 58.4 Å². The van der Waals surface area contributed by atoms with Gasteiger partial charge in [-0.3, -0.25) is 0 Å². The van der Waals surface area contributed by atoms with Crippen LogP contribution in [0, 0.1) is 0 Å². The summed E-state index contributed by atoms with van der Waals surface area (Å²) in [7, 11) is 0. The van der Waals surface area contributed by atoms with Gasteiger partial charge in [-0.15, -0.1) is 0 Å². The number of carbonyl (C=O) groups is 4. The number of aliphatic hydroxyl groups is 14. The third kappa shape index (κ3) is 8.36. The fraction of sp³-hybridized carbons (Fsp3) is 0.562. The molecule has 0 aromatic heterocycles. The zero-order valence-corrected chi connectivity index (χ0v) is 28.3. The standard InChI is InChI=1S/C32H38O24/c33-9(23-17(39)21(43)31(49)53-23)5-11(25-15(37)13(35)19(41)29(47)55-25)51-27(45)7-2-1-3-8(4-7)28(46)52-12(26-16(38)14(36)20(42)30(48)56-26)6-10(34)24-18(40)22(44)32(50)54-24/h1-4,9-16,19-20,23-26,29-30,33-44,47-48H,5-6H2/t9-,10-,11?,12?,13-,14-,15+,16+,19+,20+,23+,24+,25-,26-,29-,30-/m0/s1. The summed E-state index contributed by atoms with van der Waals surface area (Å²) in [5.74, 6) is -10.3. The van der Waals surface area contributed by atoms with E-state index in [0.717, 1.165) is 24.3 Å². The molecule has 0 aliphatic carbocycles. The van der Waals surface area contributed by atoms with E-state index in [-0.39, 0.29) is 0 Å². The molecule has 16 atom stereocenters. The maximum atomic E-state index is 13.5. The van der Waals surface area contributed by atoms with E-state index in [9.17, 15) is 90.7 Å². The van der Waals surface area contributed by atoms with Gasteiger partial charge in [0.25, 0.3) is 0 Å². The van der Waals surface area contributed by atoms with Crippen LogP contribution in [0.15, 0.2) is 47.3 Å². The maximum Gasteiger partial charge on any atom is 0.377 e. The quantitative estimate of drug-likeness (QED) is 0.0691. The minimum atomic E-state index is -2.17. The minimum Gasteiger partial charge on any atom is -0.505 e. The monoisotopic (exact) mass is 806 g/mol. The van der Waals surface area contributed by atoms with E-state index in [4.69, 9.17) is 28.4 Å². The van der Waals surface area contributed by atoms with Crippen LogP contribution in [0.4, 0.5) is 0 Å². The molecule has 4 aliphatic rings. The van der Waals surface area contributed by atoms with E-state index >= 15 is 0 Å². The second-order valence-electron chi connectivity index (χ2n) is 13.1. The van der Waals surface area contributed by atoms with Gasteiger partial charge >= 0.3 is 23.9 Å². The summed E-state index contributed by atoms with van der Waals surface area (Å²) in [4.78, 5) is 50.3. The first kappa shape index (κ1) is 42.4. The first-order valence-electron chi connectivity index (χ1n) is 16.5. The Morgan fingerprint density at radius 2 is 0.946 bits per heavy atom. The Morgan fingerprint density at radius 1 is 0.589 bits per heavy atom. The molecule has 310 valence electrons. The Labute approximate surface area is 312 Å². The average molecular weight is 807 g/mol. The molecular formula is C32H38O24. The third-order valence-electron chi connectivity index (χ3n) is 9.36. The smallest absolute Gasteiger partial charge is 0.377 e. The normalized spacial score (nSPS) is 35.7. The van der Waals surface area contributed by atoms with Gasteiger partial charge < -0.3 is 99.9 Å². The molecule has 4 heterocycles. The van der Waals surface area contributed by atoms with E-state index < -0.39 is 169 Å². The highest BCUT2D eigenvalue weighted by Gasteiger charge is 2.51. The zero-order valence-electron chi connectivity index (χ0n) is 28.3. The lowest BCUT2D eigenvalue weighted by Gasteiger charge is -2.41. The Hall–Kier alpha value is -4.70. The zero-order chi connectivity index (χ0) is 41.5. The van der Waals surface area contributed by atoms with Crippen LogP contribution in [-0.4, -0.2) is 193 Å². The van der Waals surface area contributed by atoms with E-state index in [1.54, 1.807) is 0 Å². The summed E-state index contributed by atoms with van der Waals surface area (Å²) in [5, 5.41) is 143. The lowest BCUT2D eigenvalue weighted by Crippen LogP contribution is -2.61. The van der Waals surface area contributed by atoms with Gasteiger partial charge in [0.05, 0.1) is 11.1 Å². The Morgan fingerprint density at radius 3 is 1.27 bits per heavy atom. The van der Waals surface area contributed by atoms with Gasteiger partial charge in [0.15, 0.2) is 36.3 Å². The van der Waals surface area contributed by atoms with Crippen molar-refractivity contribution in [1.29, 1.82) is 0 Å². The van der Waals surface area contributed by atoms with Crippen molar-refractivity contribution in [1.82, 2.24) is 0 Å². The van der Waals surface area contributed by atoms with Crippen molar-refractivity contribution < 1.29 is 119 Å². The summed E-state index contributed by atoms with van der Waals surface area (Å²) in [5.41, 5.74) is -0.970. The molecule has 0 radical (unpaired) electrons. The summed E-state index contributed by atoms with van der Waals surface area (Å²) in [6.07, 6.45) is -34.3. The molecule has 14 N–H and O–H groups in total. The number of cyclic esters (lactones) is 2. The van der Waals surface area contributed by atoms with Crippen LogP contribution < -0.4 is 0 Å². The fourth-order valence-electron chi connectivity index (χ4n) is 6.25. The SMILES string of the molecule is O=C1O[C@H]([C@@H](O)CC(OC(=O)c2cccc(C(=O)OC(C[C@H](O)[C@H]3OC(=O)C(O)=C3O)[C@@H]3O[C@H](O)[C@H](O)[C@@H](O)[C@H]3O)c2)[C@@H]2O[C@H](O)[C@H](O)[C@@H](O)[C@H]2O)C(O)=C1O. The Balaban J connectivity index is 1.38. The van der Waals surface area contributed by atoms with Crippen molar-refractivity contribution in [2.24, 2.45) is 0 Å². The van der Waals surface area contributed by atoms with Crippen molar-refractivity contribution in [3.8, 4) is 0 Å². The molecule has 24 nitrogen and oxygen atoms in total. The predicted molar refractivity (Wildman–Crippen MR) is 168 cm³/mol. The fourth-order valence-corrected chi connectivity index (χ4v) is 6.25. The minimum absolute atomic E-state index is 0.485. The van der Waals surface area contributed by atoms with Gasteiger partial charge in [-0.25, -0.2) is 19.2 Å². The van der Waals surface area contributed by atoms with Crippen LogP contribution in [-0.2, 0) is 38.0 Å². The molecule has 1 aromatic carbocycles. The molecule has 0 amide bonds. The third-order valence-corrected chi connectivity index (χ3v) is 9.36. The van der Waals surface area contributed by atoms with Gasteiger partial charge in [0.2, 0.25) is 11.5 Å². The molecule has 0 bridgehead atoms. The van der Waals surface area contributed by atoms with Gasteiger partial charge in [-0.05, 0) is 18.2 Å². The van der Waals surface area contributed by atoms with Crippen LogP contribution in [0.3, 0.4) is 0 Å². The van der Waals surface area contributed by atoms with Gasteiger partial charge in [-0.1, -0.05) is 6.07 Å². The first-order valence-corrected chi connectivity index (χ1v) is 16.5. The first-order chi connectivity index (χ1) is 26.2. The number of rotatable bonds is 12. The molecule has 5 rings (SSSR count). The van der Waals surface area contributed by atoms with Crippen molar-refractivity contribution in [3.63, 3.8) is 0 Å². The predicted octanol–water partition coefficient (Wildman–Crippen LogP) is -5.65. The molecule has 0 spiro atoms. The van der Waals surface area contributed by atoms with Crippen molar-refractivity contribution >= 4 is 23.9 Å². The molecule has 1 aromatic rings. The Kier molecular flexibility index (Phi) is 12.7. The molecule has 56 heavy (non-hydrogen) atoms. The lowest BCUT2D eigenvalue weighted by atomic mass is 9.91. The van der Waals surface area contributed by atoms with Gasteiger partial charge in [-0.2, -0.15) is 0 Å². The maximum absolute atomic E-state index is 13.5. The molecule has 2 saturated heterocycles. The second-order valence-corrected chi connectivity index (χ2v) is 13.1. The number of esters is 4. The summed E-state index contributed by atoms with van der Waals surface area (Å²) < 4.78 is 30.4. The van der Waals surface area contributed by atoms with Crippen LogP contribution in [0.5, 0.6) is 0 Å². The van der Waals surface area contributed by atoms with E-state index in [1.165, 1.54) is 0 Å². The van der Waals surface area contributed by atoms with E-state index in [0.29, 0.717) is 0 Å². The molecule has 0 saturated carbocycles. The second kappa shape index (κ2) is 16.8. The molecular weight excluding hydrogens is 768 g/mol. The number of ether oxygens (including phenoxy) is 6.